The predicted octanol–water partition coefficient (Wildman–Crippen LogP) is 3.65. The van der Waals surface area contributed by atoms with Crippen LogP contribution in [0.3, 0.4) is 0 Å². The van der Waals surface area contributed by atoms with Crippen molar-refractivity contribution in [3.05, 3.63) is 28.3 Å². The van der Waals surface area contributed by atoms with E-state index < -0.39 is 0 Å². The van der Waals surface area contributed by atoms with Crippen molar-refractivity contribution in [1.29, 1.82) is 0 Å². The molecule has 16 heavy (non-hydrogen) atoms. The zero-order chi connectivity index (χ0) is 12.5. The van der Waals surface area contributed by atoms with Gasteiger partial charge < -0.3 is 4.74 Å². The number of hydrogen-bond acceptors (Lipinski definition) is 2. The Hall–Kier alpha value is -0.830. The molecule has 1 unspecified atom stereocenters. The summed E-state index contributed by atoms with van der Waals surface area (Å²) >= 11 is 3.42. The number of Topliss-reactive ketones (excluding diaryl/α,β-unsaturated/α-hetero) is 1. The maximum absolute atomic E-state index is 11.5. The molecule has 0 spiro atoms. The van der Waals surface area contributed by atoms with Gasteiger partial charge in [0.2, 0.25) is 0 Å². The number of halogens is 1. The molecule has 0 fully saturated rings. The first-order valence-electron chi connectivity index (χ1n) is 5.19. The molecule has 2 nitrogen and oxygen atoms in total. The summed E-state index contributed by atoms with van der Waals surface area (Å²) in [5, 5.41) is 0. The Labute approximate surface area is 105 Å². The highest BCUT2D eigenvalue weighted by molar-refractivity contribution is 9.09. The average molecular weight is 285 g/mol. The molecular weight excluding hydrogens is 268 g/mol. The van der Waals surface area contributed by atoms with Crippen LogP contribution in [0.25, 0.3) is 0 Å². The summed E-state index contributed by atoms with van der Waals surface area (Å²) in [4.78, 5) is 11.2. The second kappa shape index (κ2) is 5.00. The minimum atomic E-state index is -0.290. The van der Waals surface area contributed by atoms with E-state index in [2.05, 4.69) is 22.0 Å². The van der Waals surface area contributed by atoms with Gasteiger partial charge in [0.05, 0.1) is 7.11 Å². The van der Waals surface area contributed by atoms with Crippen LogP contribution >= 0.6 is 15.9 Å². The van der Waals surface area contributed by atoms with Gasteiger partial charge in [-0.25, -0.2) is 0 Å². The Morgan fingerprint density at radius 3 is 2.31 bits per heavy atom. The molecule has 0 bridgehead atoms. The molecule has 0 aliphatic heterocycles. The lowest BCUT2D eigenvalue weighted by Gasteiger charge is -2.19. The van der Waals surface area contributed by atoms with E-state index in [9.17, 15) is 4.79 Å². The molecule has 1 atom stereocenters. The zero-order valence-corrected chi connectivity index (χ0v) is 11.9. The van der Waals surface area contributed by atoms with Crippen molar-refractivity contribution in [2.24, 2.45) is 0 Å². The van der Waals surface area contributed by atoms with Gasteiger partial charge in [0.15, 0.2) is 0 Å². The molecule has 88 valence electrons. The monoisotopic (exact) mass is 284 g/mol. The number of alkyl halides is 1. The summed E-state index contributed by atoms with van der Waals surface area (Å²) in [7, 11) is 1.64. The Kier molecular flexibility index (Phi) is 4.14. The normalized spacial score (nSPS) is 12.4. The summed E-state index contributed by atoms with van der Waals surface area (Å²) < 4.78 is 5.43. The SMILES string of the molecule is COc1c(C)c(C)cc(C)c1C(Br)C(C)=O. The van der Waals surface area contributed by atoms with Crippen LogP contribution in [0.2, 0.25) is 0 Å². The number of ether oxygens (including phenoxy) is 1. The molecule has 0 amide bonds. The van der Waals surface area contributed by atoms with E-state index in [0.717, 1.165) is 22.4 Å². The fourth-order valence-corrected chi connectivity index (χ4v) is 2.42. The van der Waals surface area contributed by atoms with E-state index in [1.165, 1.54) is 5.56 Å². The molecule has 0 aliphatic carbocycles. The van der Waals surface area contributed by atoms with Gasteiger partial charge in [-0.1, -0.05) is 22.0 Å². The van der Waals surface area contributed by atoms with Crippen molar-refractivity contribution in [3.8, 4) is 5.75 Å². The van der Waals surface area contributed by atoms with Crippen molar-refractivity contribution in [1.82, 2.24) is 0 Å². The number of aryl methyl sites for hydroxylation is 2. The Morgan fingerprint density at radius 1 is 1.31 bits per heavy atom. The zero-order valence-electron chi connectivity index (χ0n) is 10.3. The topological polar surface area (TPSA) is 26.3 Å². The first-order valence-corrected chi connectivity index (χ1v) is 6.11. The number of hydrogen-bond donors (Lipinski definition) is 0. The predicted molar refractivity (Wildman–Crippen MR) is 69.6 cm³/mol. The number of rotatable bonds is 3. The van der Waals surface area contributed by atoms with Gasteiger partial charge in [-0.2, -0.15) is 0 Å². The van der Waals surface area contributed by atoms with Gasteiger partial charge in [-0.05, 0) is 44.4 Å². The molecule has 0 aromatic heterocycles. The highest BCUT2D eigenvalue weighted by atomic mass is 79.9. The molecule has 3 heteroatoms. The van der Waals surface area contributed by atoms with Gasteiger partial charge in [-0.3, -0.25) is 4.79 Å². The van der Waals surface area contributed by atoms with Crippen LogP contribution in [0, 0.1) is 20.8 Å². The second-order valence-electron chi connectivity index (χ2n) is 4.06. The smallest absolute Gasteiger partial charge is 0.147 e. The number of benzene rings is 1. The number of carbonyl (C=O) groups is 1. The number of carbonyl (C=O) groups excluding carboxylic acids is 1. The van der Waals surface area contributed by atoms with E-state index in [1.54, 1.807) is 14.0 Å². The third kappa shape index (κ3) is 2.29. The Bertz CT molecular complexity index is 424. The minimum absolute atomic E-state index is 0.0876. The molecule has 1 aromatic carbocycles. The first kappa shape index (κ1) is 13.2. The molecule has 1 aromatic rings. The van der Waals surface area contributed by atoms with Crippen molar-refractivity contribution in [2.45, 2.75) is 32.5 Å². The molecular formula is C13H17BrO2. The van der Waals surface area contributed by atoms with Crippen molar-refractivity contribution in [3.63, 3.8) is 0 Å². The highest BCUT2D eigenvalue weighted by Crippen LogP contribution is 2.38. The lowest BCUT2D eigenvalue weighted by Crippen LogP contribution is -2.07. The third-order valence-electron chi connectivity index (χ3n) is 2.85. The van der Waals surface area contributed by atoms with Crippen LogP contribution in [0.1, 0.15) is 34.0 Å². The van der Waals surface area contributed by atoms with Crippen LogP contribution in [0.15, 0.2) is 6.07 Å². The van der Waals surface area contributed by atoms with Gasteiger partial charge in [-0.15, -0.1) is 0 Å². The average Bonchev–Trinajstić information content (AvgIpc) is 2.21. The highest BCUT2D eigenvalue weighted by Gasteiger charge is 2.22. The van der Waals surface area contributed by atoms with Crippen molar-refractivity contribution < 1.29 is 9.53 Å². The van der Waals surface area contributed by atoms with E-state index in [0.29, 0.717) is 0 Å². The first-order chi connectivity index (χ1) is 7.40. The molecule has 0 saturated heterocycles. The largest absolute Gasteiger partial charge is 0.496 e. The summed E-state index contributed by atoms with van der Waals surface area (Å²) in [6.45, 7) is 7.64. The van der Waals surface area contributed by atoms with Gasteiger partial charge >= 0.3 is 0 Å². The van der Waals surface area contributed by atoms with Crippen LogP contribution in [0.4, 0.5) is 0 Å². The fraction of sp³-hybridized carbons (Fsp3) is 0.462. The van der Waals surface area contributed by atoms with Crippen molar-refractivity contribution >= 4 is 21.7 Å². The molecule has 0 saturated carbocycles. The lowest BCUT2D eigenvalue weighted by molar-refractivity contribution is -0.116. The quantitative estimate of drug-likeness (QED) is 0.792. The van der Waals surface area contributed by atoms with E-state index >= 15 is 0 Å². The molecule has 1 rings (SSSR count). The number of methoxy groups -OCH3 is 1. The minimum Gasteiger partial charge on any atom is -0.496 e. The lowest BCUT2D eigenvalue weighted by atomic mass is 9.96. The standard InChI is InChI=1S/C13H17BrO2/c1-7-6-8(2)11(12(14)10(4)15)13(16-5)9(7)3/h6,12H,1-5H3. The third-order valence-corrected chi connectivity index (χ3v) is 3.95. The maximum atomic E-state index is 11.5. The van der Waals surface area contributed by atoms with Gasteiger partial charge in [0.1, 0.15) is 16.4 Å². The van der Waals surface area contributed by atoms with E-state index in [1.807, 2.05) is 20.8 Å². The fourth-order valence-electron chi connectivity index (χ4n) is 1.85. The molecule has 0 aliphatic rings. The van der Waals surface area contributed by atoms with E-state index in [4.69, 9.17) is 4.74 Å². The second-order valence-corrected chi connectivity index (χ2v) is 4.97. The summed E-state index contributed by atoms with van der Waals surface area (Å²) in [5.74, 6) is 0.902. The molecule has 0 N–H and O–H groups in total. The summed E-state index contributed by atoms with van der Waals surface area (Å²) in [6, 6.07) is 2.09. The van der Waals surface area contributed by atoms with Crippen LogP contribution in [0.5, 0.6) is 5.75 Å². The molecule has 0 heterocycles. The summed E-state index contributed by atoms with van der Waals surface area (Å²) in [5.41, 5.74) is 4.30. The summed E-state index contributed by atoms with van der Waals surface area (Å²) in [6.07, 6.45) is 0. The van der Waals surface area contributed by atoms with Gasteiger partial charge in [0, 0.05) is 5.56 Å². The van der Waals surface area contributed by atoms with Gasteiger partial charge in [0.25, 0.3) is 0 Å². The van der Waals surface area contributed by atoms with Crippen LogP contribution < -0.4 is 4.74 Å². The molecule has 0 radical (unpaired) electrons. The Balaban J connectivity index is 3.48. The van der Waals surface area contributed by atoms with E-state index in [-0.39, 0.29) is 10.6 Å². The van der Waals surface area contributed by atoms with Crippen LogP contribution in [-0.4, -0.2) is 12.9 Å². The van der Waals surface area contributed by atoms with Crippen molar-refractivity contribution in [2.75, 3.05) is 7.11 Å². The Morgan fingerprint density at radius 2 is 1.88 bits per heavy atom. The van der Waals surface area contributed by atoms with Crippen LogP contribution in [-0.2, 0) is 4.79 Å². The maximum Gasteiger partial charge on any atom is 0.147 e. The number of ketones is 1.